The number of nitrogens with zero attached hydrogens (tertiary/aromatic N) is 3. The van der Waals surface area contributed by atoms with Crippen molar-refractivity contribution in [1.29, 1.82) is 0 Å². The molecule has 2 heterocycles. The van der Waals surface area contributed by atoms with E-state index in [-0.39, 0.29) is 22.9 Å². The second kappa shape index (κ2) is 8.22. The lowest BCUT2D eigenvalue weighted by Gasteiger charge is -2.16. The number of carbonyl (C=O) groups is 1. The zero-order valence-electron chi connectivity index (χ0n) is 16.8. The predicted octanol–water partition coefficient (Wildman–Crippen LogP) is 3.16. The first-order chi connectivity index (χ1) is 15.6. The zero-order chi connectivity index (χ0) is 23.8. The minimum atomic E-state index is -4.67. The Morgan fingerprint density at radius 2 is 1.85 bits per heavy atom. The molecule has 33 heavy (non-hydrogen) atoms. The molecule has 0 fully saturated rings. The van der Waals surface area contributed by atoms with Gasteiger partial charge in [-0.05, 0) is 31.2 Å². The van der Waals surface area contributed by atoms with Gasteiger partial charge in [-0.2, -0.15) is 18.3 Å². The van der Waals surface area contributed by atoms with Gasteiger partial charge in [0.2, 0.25) is 5.43 Å². The number of para-hydroxylation sites is 1. The summed E-state index contributed by atoms with van der Waals surface area (Å²) in [4.78, 5) is 38.7. The number of hydrogen-bond donors (Lipinski definition) is 2. The van der Waals surface area contributed by atoms with Crippen LogP contribution < -0.4 is 16.5 Å². The number of nitrogens with one attached hydrogen (secondary N) is 2. The molecule has 0 unspecified atom stereocenters. The first-order valence-corrected chi connectivity index (χ1v) is 9.39. The quantitative estimate of drug-likeness (QED) is 0.485. The standard InChI is InChI=1S/C21H14F3N5O4/c1-11-9-16(30)17(27-29(11)15-8-3-2-7-14(15)21(22,23)24)19(31)25-13-6-4-5-12(10-13)18-26-20(32)33-28-18/h2-10H,1H3,(H,25,31)(H,26,28,32). The summed E-state index contributed by atoms with van der Waals surface area (Å²) in [5.41, 5.74) is -1.90. The van der Waals surface area contributed by atoms with Crippen LogP contribution in [0.3, 0.4) is 0 Å². The van der Waals surface area contributed by atoms with Crippen LogP contribution in [0.15, 0.2) is 68.7 Å². The minimum Gasteiger partial charge on any atom is -0.320 e. The Hall–Kier alpha value is -4.48. The van der Waals surface area contributed by atoms with Gasteiger partial charge in [-0.3, -0.25) is 19.1 Å². The number of anilines is 1. The molecule has 4 aromatic rings. The van der Waals surface area contributed by atoms with Crippen LogP contribution in [0.5, 0.6) is 0 Å². The molecule has 0 saturated carbocycles. The van der Waals surface area contributed by atoms with Crippen molar-refractivity contribution in [1.82, 2.24) is 19.9 Å². The molecule has 4 rings (SSSR count). The van der Waals surface area contributed by atoms with Crippen LogP contribution in [0.2, 0.25) is 0 Å². The Labute approximate surface area is 182 Å². The lowest BCUT2D eigenvalue weighted by molar-refractivity contribution is -0.137. The second-order valence-electron chi connectivity index (χ2n) is 6.90. The molecule has 9 nitrogen and oxygen atoms in total. The van der Waals surface area contributed by atoms with Gasteiger partial charge in [0.05, 0.1) is 11.3 Å². The highest BCUT2D eigenvalue weighted by Crippen LogP contribution is 2.33. The Morgan fingerprint density at radius 3 is 2.55 bits per heavy atom. The zero-order valence-corrected chi connectivity index (χ0v) is 16.8. The summed E-state index contributed by atoms with van der Waals surface area (Å²) in [5, 5.41) is 9.93. The van der Waals surface area contributed by atoms with Crippen molar-refractivity contribution < 1.29 is 22.5 Å². The molecule has 0 aliphatic carbocycles. The van der Waals surface area contributed by atoms with Crippen molar-refractivity contribution in [2.75, 3.05) is 5.32 Å². The molecule has 168 valence electrons. The Balaban J connectivity index is 1.71. The van der Waals surface area contributed by atoms with Crippen molar-refractivity contribution in [2.45, 2.75) is 13.1 Å². The van der Waals surface area contributed by atoms with Crippen molar-refractivity contribution in [3.8, 4) is 17.1 Å². The number of hydrogen-bond acceptors (Lipinski definition) is 6. The number of rotatable bonds is 4. The smallest absolute Gasteiger partial charge is 0.320 e. The number of alkyl halides is 3. The molecule has 0 saturated heterocycles. The number of benzene rings is 2. The van der Waals surface area contributed by atoms with E-state index in [0.29, 0.717) is 5.56 Å². The molecule has 12 heteroatoms. The summed E-state index contributed by atoms with van der Waals surface area (Å²) in [6.45, 7) is 1.41. The highest BCUT2D eigenvalue weighted by molar-refractivity contribution is 6.03. The molecule has 0 atom stereocenters. The van der Waals surface area contributed by atoms with Gasteiger partial charge < -0.3 is 5.32 Å². The van der Waals surface area contributed by atoms with E-state index in [1.807, 2.05) is 0 Å². The van der Waals surface area contributed by atoms with Gasteiger partial charge in [0, 0.05) is 23.0 Å². The highest BCUT2D eigenvalue weighted by Gasteiger charge is 2.34. The highest BCUT2D eigenvalue weighted by atomic mass is 19.4. The van der Waals surface area contributed by atoms with Gasteiger partial charge in [-0.25, -0.2) is 9.48 Å². The third-order valence-corrected chi connectivity index (χ3v) is 4.59. The number of halogens is 3. The Kier molecular flexibility index (Phi) is 5.42. The van der Waals surface area contributed by atoms with E-state index in [4.69, 9.17) is 0 Å². The van der Waals surface area contributed by atoms with E-state index < -0.39 is 34.5 Å². The van der Waals surface area contributed by atoms with E-state index in [2.05, 4.69) is 25.1 Å². The summed E-state index contributed by atoms with van der Waals surface area (Å²) in [6, 6.07) is 11.8. The molecule has 2 aromatic heterocycles. The van der Waals surface area contributed by atoms with E-state index in [1.165, 1.54) is 37.3 Å². The van der Waals surface area contributed by atoms with Crippen LogP contribution >= 0.6 is 0 Å². The first kappa shape index (κ1) is 21.7. The number of amides is 1. The molecule has 0 radical (unpaired) electrons. The van der Waals surface area contributed by atoms with Gasteiger partial charge in [0.1, 0.15) is 0 Å². The number of aromatic nitrogens is 4. The SMILES string of the molecule is Cc1cc(=O)c(C(=O)Nc2cccc(-c3noc(=O)[nH]3)c2)nn1-c1ccccc1C(F)(F)F. The fourth-order valence-corrected chi connectivity index (χ4v) is 3.14. The van der Waals surface area contributed by atoms with Gasteiger partial charge in [-0.15, -0.1) is 0 Å². The van der Waals surface area contributed by atoms with Crippen LogP contribution in [0.25, 0.3) is 17.1 Å². The molecule has 2 N–H and O–H groups in total. The topological polar surface area (TPSA) is 123 Å². The number of aryl methyl sites for hydroxylation is 1. The summed E-state index contributed by atoms with van der Waals surface area (Å²) < 4.78 is 45.7. The van der Waals surface area contributed by atoms with Crippen molar-refractivity contribution in [2.24, 2.45) is 0 Å². The maximum Gasteiger partial charge on any atom is 0.439 e. The van der Waals surface area contributed by atoms with Crippen LogP contribution in [-0.2, 0) is 6.18 Å². The Morgan fingerprint density at radius 1 is 1.09 bits per heavy atom. The summed E-state index contributed by atoms with van der Waals surface area (Å²) in [7, 11) is 0. The number of H-pyrrole nitrogens is 1. The molecule has 0 spiro atoms. The fourth-order valence-electron chi connectivity index (χ4n) is 3.14. The van der Waals surface area contributed by atoms with Gasteiger partial charge in [0.25, 0.3) is 5.91 Å². The van der Waals surface area contributed by atoms with E-state index in [1.54, 1.807) is 12.1 Å². The number of carbonyl (C=O) groups excluding carboxylic acids is 1. The molecule has 2 aromatic carbocycles. The lowest BCUT2D eigenvalue weighted by atomic mass is 10.1. The second-order valence-corrected chi connectivity index (χ2v) is 6.90. The Bertz CT molecular complexity index is 1470. The van der Waals surface area contributed by atoms with Crippen LogP contribution in [-0.4, -0.2) is 25.8 Å². The molecule has 0 aliphatic rings. The first-order valence-electron chi connectivity index (χ1n) is 9.39. The van der Waals surface area contributed by atoms with E-state index in [9.17, 15) is 27.6 Å². The van der Waals surface area contributed by atoms with Gasteiger partial charge in [-0.1, -0.05) is 29.4 Å². The van der Waals surface area contributed by atoms with Crippen LogP contribution in [0.4, 0.5) is 18.9 Å². The average molecular weight is 457 g/mol. The summed E-state index contributed by atoms with van der Waals surface area (Å²) in [5.74, 6) is -1.57. The molecule has 0 aliphatic heterocycles. The van der Waals surface area contributed by atoms with Crippen molar-refractivity contribution >= 4 is 11.6 Å². The van der Waals surface area contributed by atoms with Gasteiger partial charge in [0.15, 0.2) is 11.5 Å². The maximum atomic E-state index is 13.5. The minimum absolute atomic E-state index is 0.116. The van der Waals surface area contributed by atoms with Gasteiger partial charge >= 0.3 is 11.9 Å². The lowest BCUT2D eigenvalue weighted by Crippen LogP contribution is -2.27. The van der Waals surface area contributed by atoms with E-state index in [0.717, 1.165) is 16.8 Å². The summed E-state index contributed by atoms with van der Waals surface area (Å²) in [6.07, 6.45) is -4.67. The largest absolute Gasteiger partial charge is 0.439 e. The molecular weight excluding hydrogens is 443 g/mol. The predicted molar refractivity (Wildman–Crippen MR) is 110 cm³/mol. The van der Waals surface area contributed by atoms with Crippen LogP contribution in [0, 0.1) is 6.92 Å². The third kappa shape index (κ3) is 4.44. The number of aromatic amines is 1. The third-order valence-electron chi connectivity index (χ3n) is 4.59. The molecule has 1 amide bonds. The average Bonchev–Trinajstić information content (AvgIpc) is 3.20. The maximum absolute atomic E-state index is 13.5. The summed E-state index contributed by atoms with van der Waals surface area (Å²) >= 11 is 0. The monoisotopic (exact) mass is 457 g/mol. The van der Waals surface area contributed by atoms with Crippen molar-refractivity contribution in [3.63, 3.8) is 0 Å². The molecular formula is C21H14F3N5O4. The van der Waals surface area contributed by atoms with E-state index >= 15 is 0 Å². The van der Waals surface area contributed by atoms with Crippen molar-refractivity contribution in [3.05, 3.63) is 92.3 Å². The normalized spacial score (nSPS) is 11.4. The fraction of sp³-hybridized carbons (Fsp3) is 0.0952. The molecule has 0 bridgehead atoms. The van der Waals surface area contributed by atoms with Crippen LogP contribution in [0.1, 0.15) is 21.7 Å².